The summed E-state index contributed by atoms with van der Waals surface area (Å²) in [5.41, 5.74) is 3.65. The Morgan fingerprint density at radius 3 is 2.23 bits per heavy atom. The van der Waals surface area contributed by atoms with Gasteiger partial charge in [-0.05, 0) is 43.2 Å². The number of carbonyl (C=O) groups is 2. The summed E-state index contributed by atoms with van der Waals surface area (Å²) < 4.78 is 13.5. The van der Waals surface area contributed by atoms with Crippen LogP contribution in [-0.4, -0.2) is 66.1 Å². The Balaban J connectivity index is 1.75. The smallest absolute Gasteiger partial charge is 0.282 e. The van der Waals surface area contributed by atoms with Crippen molar-refractivity contribution in [3.8, 4) is 0 Å². The number of hydrogen-bond donors (Lipinski definition) is 1. The Hall–Kier alpha value is -3.03. The number of β-amino-alcohol motifs (C(OH)–C–C–N with tert-alkyl or cyclic N) is 1. The highest BCUT2D eigenvalue weighted by Gasteiger charge is 2.43. The summed E-state index contributed by atoms with van der Waals surface area (Å²) in [6.07, 6.45) is 0. The molecule has 31 heavy (non-hydrogen) atoms. The Labute approximate surface area is 181 Å². The maximum Gasteiger partial charge on any atom is 0.282 e. The zero-order valence-electron chi connectivity index (χ0n) is 17.8. The Morgan fingerprint density at radius 1 is 0.935 bits per heavy atom. The lowest BCUT2D eigenvalue weighted by Crippen LogP contribution is -2.48. The van der Waals surface area contributed by atoms with Gasteiger partial charge in [-0.2, -0.15) is 0 Å². The number of anilines is 1. The predicted molar refractivity (Wildman–Crippen MR) is 117 cm³/mol. The number of benzene rings is 2. The maximum atomic E-state index is 13.6. The highest BCUT2D eigenvalue weighted by atomic mass is 19.1. The second kappa shape index (κ2) is 8.61. The molecule has 0 radical (unpaired) electrons. The highest BCUT2D eigenvalue weighted by Crippen LogP contribution is 2.36. The van der Waals surface area contributed by atoms with Gasteiger partial charge in [-0.1, -0.05) is 29.8 Å². The molecule has 2 aliphatic rings. The molecule has 162 valence electrons. The fourth-order valence-corrected chi connectivity index (χ4v) is 4.30. The van der Waals surface area contributed by atoms with E-state index in [9.17, 15) is 19.1 Å². The van der Waals surface area contributed by atoms with Crippen LogP contribution in [0.1, 0.15) is 16.7 Å². The fraction of sp³-hybridized carbons (Fsp3) is 0.333. The van der Waals surface area contributed by atoms with Crippen molar-refractivity contribution in [2.75, 3.05) is 44.2 Å². The van der Waals surface area contributed by atoms with Crippen LogP contribution in [0.25, 0.3) is 5.57 Å². The summed E-state index contributed by atoms with van der Waals surface area (Å²) in [5, 5.41) is 9.19. The van der Waals surface area contributed by atoms with Crippen LogP contribution in [0.3, 0.4) is 0 Å². The highest BCUT2D eigenvalue weighted by molar-refractivity contribution is 6.45. The van der Waals surface area contributed by atoms with Gasteiger partial charge < -0.3 is 10.0 Å². The third kappa shape index (κ3) is 3.98. The van der Waals surface area contributed by atoms with Crippen LogP contribution in [0, 0.1) is 19.7 Å². The molecule has 0 spiro atoms. The standard InChI is InChI=1S/C24H26FN3O3/c1-16-3-8-20(17(2)15-16)28-23(30)21(18-4-6-19(25)7-5-18)22(24(28)31)27-11-9-26(10-12-27)13-14-29/h3-8,15,29H,9-14H2,1-2H3. The van der Waals surface area contributed by atoms with Crippen molar-refractivity contribution in [3.63, 3.8) is 0 Å². The molecule has 2 aromatic carbocycles. The minimum atomic E-state index is -0.397. The molecule has 2 aromatic rings. The Kier molecular flexibility index (Phi) is 5.89. The molecule has 0 unspecified atom stereocenters. The van der Waals surface area contributed by atoms with Crippen LogP contribution >= 0.6 is 0 Å². The topological polar surface area (TPSA) is 64.1 Å². The molecule has 0 aliphatic carbocycles. The lowest BCUT2D eigenvalue weighted by molar-refractivity contribution is -0.120. The molecule has 2 amide bonds. The molecule has 0 atom stereocenters. The predicted octanol–water partition coefficient (Wildman–Crippen LogP) is 2.34. The summed E-state index contributed by atoms with van der Waals surface area (Å²) in [5.74, 6) is -1.14. The van der Waals surface area contributed by atoms with Crippen LogP contribution in [0.4, 0.5) is 10.1 Å². The van der Waals surface area contributed by atoms with E-state index >= 15 is 0 Å². The van der Waals surface area contributed by atoms with Crippen LogP contribution < -0.4 is 4.90 Å². The van der Waals surface area contributed by atoms with E-state index in [2.05, 4.69) is 4.90 Å². The van der Waals surface area contributed by atoms with Gasteiger partial charge in [0.05, 0.1) is 17.9 Å². The molecule has 1 N–H and O–H groups in total. The average Bonchev–Trinajstić information content (AvgIpc) is 3.00. The lowest BCUT2D eigenvalue weighted by atomic mass is 10.0. The van der Waals surface area contributed by atoms with Crippen molar-refractivity contribution in [2.24, 2.45) is 0 Å². The number of aliphatic hydroxyl groups is 1. The molecular formula is C24H26FN3O3. The van der Waals surface area contributed by atoms with E-state index in [4.69, 9.17) is 0 Å². The number of piperazine rings is 1. The van der Waals surface area contributed by atoms with Crippen molar-refractivity contribution in [3.05, 3.63) is 70.7 Å². The molecule has 0 bridgehead atoms. The minimum absolute atomic E-state index is 0.0847. The third-order valence-electron chi connectivity index (χ3n) is 5.89. The van der Waals surface area contributed by atoms with Crippen molar-refractivity contribution in [2.45, 2.75) is 13.8 Å². The van der Waals surface area contributed by atoms with E-state index in [-0.39, 0.29) is 12.5 Å². The van der Waals surface area contributed by atoms with E-state index < -0.39 is 11.7 Å². The first-order valence-corrected chi connectivity index (χ1v) is 10.4. The first kappa shape index (κ1) is 21.2. The first-order valence-electron chi connectivity index (χ1n) is 10.4. The number of hydrogen-bond acceptors (Lipinski definition) is 5. The largest absolute Gasteiger partial charge is 0.395 e. The molecular weight excluding hydrogens is 397 g/mol. The number of halogens is 1. The number of amides is 2. The molecule has 1 fully saturated rings. The molecule has 0 saturated carbocycles. The van der Waals surface area contributed by atoms with Gasteiger partial charge in [0.1, 0.15) is 11.5 Å². The molecule has 7 heteroatoms. The SMILES string of the molecule is Cc1ccc(N2C(=O)C(c3ccc(F)cc3)=C(N3CCN(CCO)CC3)C2=O)c(C)c1. The lowest BCUT2D eigenvalue weighted by Gasteiger charge is -2.36. The van der Waals surface area contributed by atoms with E-state index in [0.717, 1.165) is 11.1 Å². The minimum Gasteiger partial charge on any atom is -0.395 e. The zero-order valence-corrected chi connectivity index (χ0v) is 17.8. The second-order valence-corrected chi connectivity index (χ2v) is 8.02. The number of carbonyl (C=O) groups excluding carboxylic acids is 2. The summed E-state index contributed by atoms with van der Waals surface area (Å²) in [4.78, 5) is 32.4. The van der Waals surface area contributed by atoms with E-state index in [1.165, 1.54) is 17.0 Å². The number of aliphatic hydroxyl groups excluding tert-OH is 1. The summed E-state index contributed by atoms with van der Waals surface area (Å²) >= 11 is 0. The summed E-state index contributed by atoms with van der Waals surface area (Å²) in [6, 6.07) is 11.3. The van der Waals surface area contributed by atoms with Gasteiger partial charge in [0.2, 0.25) is 0 Å². The van der Waals surface area contributed by atoms with Crippen LogP contribution in [0.2, 0.25) is 0 Å². The van der Waals surface area contributed by atoms with Gasteiger partial charge in [-0.15, -0.1) is 0 Å². The van der Waals surface area contributed by atoms with Crippen molar-refractivity contribution in [1.82, 2.24) is 9.80 Å². The van der Waals surface area contributed by atoms with Crippen LogP contribution in [-0.2, 0) is 9.59 Å². The Bertz CT molecular complexity index is 1040. The van der Waals surface area contributed by atoms with E-state index in [0.29, 0.717) is 55.2 Å². The van der Waals surface area contributed by atoms with Gasteiger partial charge in [0, 0.05) is 32.7 Å². The monoisotopic (exact) mass is 423 g/mol. The van der Waals surface area contributed by atoms with Gasteiger partial charge in [-0.25, -0.2) is 9.29 Å². The quantitative estimate of drug-likeness (QED) is 0.748. The maximum absolute atomic E-state index is 13.6. The van der Waals surface area contributed by atoms with Crippen molar-refractivity contribution < 1.29 is 19.1 Å². The van der Waals surface area contributed by atoms with Crippen molar-refractivity contribution >= 4 is 23.1 Å². The van der Waals surface area contributed by atoms with Gasteiger partial charge in [0.25, 0.3) is 11.8 Å². The molecule has 0 aromatic heterocycles. The van der Waals surface area contributed by atoms with Gasteiger partial charge in [0.15, 0.2) is 0 Å². The van der Waals surface area contributed by atoms with E-state index in [1.54, 1.807) is 18.2 Å². The first-order chi connectivity index (χ1) is 14.9. The molecule has 2 heterocycles. The second-order valence-electron chi connectivity index (χ2n) is 8.02. The number of aryl methyl sites for hydroxylation is 2. The zero-order chi connectivity index (χ0) is 22.1. The van der Waals surface area contributed by atoms with E-state index in [1.807, 2.05) is 30.9 Å². The normalized spacial score (nSPS) is 17.8. The molecule has 1 saturated heterocycles. The molecule has 6 nitrogen and oxygen atoms in total. The summed E-state index contributed by atoms with van der Waals surface area (Å²) in [6.45, 7) is 7.02. The number of rotatable bonds is 5. The Morgan fingerprint density at radius 2 is 1.61 bits per heavy atom. The van der Waals surface area contributed by atoms with Crippen LogP contribution in [0.15, 0.2) is 48.2 Å². The number of imide groups is 1. The van der Waals surface area contributed by atoms with Gasteiger partial charge in [-0.3, -0.25) is 14.5 Å². The molecule has 4 rings (SSSR count). The summed E-state index contributed by atoms with van der Waals surface area (Å²) in [7, 11) is 0. The van der Waals surface area contributed by atoms with Crippen molar-refractivity contribution in [1.29, 1.82) is 0 Å². The molecule has 2 aliphatic heterocycles. The fourth-order valence-electron chi connectivity index (χ4n) is 4.30. The average molecular weight is 423 g/mol. The van der Waals surface area contributed by atoms with Gasteiger partial charge >= 0.3 is 0 Å². The number of nitrogens with zero attached hydrogens (tertiary/aromatic N) is 3. The third-order valence-corrected chi connectivity index (χ3v) is 5.89. The van der Waals surface area contributed by atoms with Crippen LogP contribution in [0.5, 0.6) is 0 Å².